The molecule has 2 aliphatic rings. The summed E-state index contributed by atoms with van der Waals surface area (Å²) >= 11 is 0. The van der Waals surface area contributed by atoms with Crippen LogP contribution in [0.2, 0.25) is 0 Å². The molecular formula is C20H31N7O. The Kier molecular flexibility index (Phi) is 5.64. The minimum Gasteiger partial charge on any atom is -0.367 e. The normalized spacial score (nSPS) is 19.5. The van der Waals surface area contributed by atoms with E-state index in [0.29, 0.717) is 13.1 Å². The van der Waals surface area contributed by atoms with Gasteiger partial charge in [-0.05, 0) is 38.5 Å². The van der Waals surface area contributed by atoms with Crippen molar-refractivity contribution in [2.45, 2.75) is 77.9 Å². The molecule has 4 rings (SSSR count). The predicted molar refractivity (Wildman–Crippen MR) is 110 cm³/mol. The van der Waals surface area contributed by atoms with Crippen LogP contribution >= 0.6 is 0 Å². The van der Waals surface area contributed by atoms with Crippen LogP contribution in [0.4, 0.5) is 11.8 Å². The molecule has 0 spiro atoms. The quantitative estimate of drug-likeness (QED) is 0.821. The number of nitrogens with one attached hydrogen (secondary N) is 1. The van der Waals surface area contributed by atoms with Crippen LogP contribution in [0.1, 0.15) is 57.5 Å². The highest BCUT2D eigenvalue weighted by molar-refractivity contribution is 5.45. The van der Waals surface area contributed by atoms with Crippen LogP contribution in [0.3, 0.4) is 0 Å². The molecular weight excluding hydrogens is 354 g/mol. The lowest BCUT2D eigenvalue weighted by Gasteiger charge is -2.20. The Morgan fingerprint density at radius 2 is 1.96 bits per heavy atom. The molecule has 28 heavy (non-hydrogen) atoms. The minimum absolute atomic E-state index is 0.0316. The second kappa shape index (κ2) is 8.32. The molecule has 0 aliphatic carbocycles. The number of aromatic nitrogens is 5. The van der Waals surface area contributed by atoms with Gasteiger partial charge in [-0.15, -0.1) is 0 Å². The largest absolute Gasteiger partial charge is 0.367 e. The molecule has 1 fully saturated rings. The monoisotopic (exact) mass is 385 g/mol. The van der Waals surface area contributed by atoms with E-state index in [2.05, 4.69) is 35.2 Å². The van der Waals surface area contributed by atoms with Crippen molar-refractivity contribution in [1.82, 2.24) is 24.3 Å². The Labute approximate surface area is 166 Å². The summed E-state index contributed by atoms with van der Waals surface area (Å²) in [4.78, 5) is 24.3. The zero-order chi connectivity index (χ0) is 19.5. The molecule has 2 aliphatic heterocycles. The summed E-state index contributed by atoms with van der Waals surface area (Å²) in [6.45, 7) is 7.69. The van der Waals surface area contributed by atoms with E-state index >= 15 is 0 Å². The van der Waals surface area contributed by atoms with Crippen molar-refractivity contribution in [2.75, 3.05) is 23.3 Å². The fraction of sp³-hybridized carbons (Fsp3) is 0.700. The first-order valence-electron chi connectivity index (χ1n) is 10.7. The number of aryl methyl sites for hydroxylation is 3. The summed E-state index contributed by atoms with van der Waals surface area (Å²) in [7, 11) is 0. The summed E-state index contributed by atoms with van der Waals surface area (Å²) < 4.78 is 3.47. The molecule has 2 aromatic rings. The number of anilines is 2. The Morgan fingerprint density at radius 1 is 1.14 bits per heavy atom. The van der Waals surface area contributed by atoms with Crippen LogP contribution in [0.5, 0.6) is 0 Å². The van der Waals surface area contributed by atoms with Crippen molar-refractivity contribution in [3.05, 3.63) is 28.1 Å². The first kappa shape index (κ1) is 19.0. The summed E-state index contributed by atoms with van der Waals surface area (Å²) in [5.74, 6) is 2.67. The Morgan fingerprint density at radius 3 is 2.71 bits per heavy atom. The second-order valence-corrected chi connectivity index (χ2v) is 7.83. The van der Waals surface area contributed by atoms with Crippen LogP contribution in [-0.2, 0) is 25.9 Å². The molecule has 1 unspecified atom stereocenters. The van der Waals surface area contributed by atoms with Gasteiger partial charge >= 0.3 is 5.69 Å². The number of hydrogen-bond acceptors (Lipinski definition) is 6. The molecule has 1 N–H and O–H groups in total. The van der Waals surface area contributed by atoms with E-state index in [9.17, 15) is 4.79 Å². The van der Waals surface area contributed by atoms with E-state index in [-0.39, 0.29) is 11.7 Å². The van der Waals surface area contributed by atoms with Gasteiger partial charge in [0, 0.05) is 50.4 Å². The van der Waals surface area contributed by atoms with Gasteiger partial charge in [-0.3, -0.25) is 4.57 Å². The highest BCUT2D eigenvalue weighted by atomic mass is 16.2. The van der Waals surface area contributed by atoms with Crippen LogP contribution in [-0.4, -0.2) is 43.4 Å². The van der Waals surface area contributed by atoms with Gasteiger partial charge in [0.25, 0.3) is 0 Å². The van der Waals surface area contributed by atoms with Crippen LogP contribution < -0.4 is 15.9 Å². The molecule has 0 saturated carbocycles. The summed E-state index contributed by atoms with van der Waals surface area (Å²) in [6, 6.07) is 2.35. The van der Waals surface area contributed by atoms with Gasteiger partial charge in [-0.1, -0.05) is 13.8 Å². The standard InChI is InChI=1S/C20H31N7O/c1-3-10-27-20(28)26-13-9-16(7-8-18(26)24-27)21-17-14-15(4-2)22-19(23-17)25-11-5-6-12-25/h14,16H,3-13H2,1-2H3,(H,21,22,23). The molecule has 0 aromatic carbocycles. The lowest BCUT2D eigenvalue weighted by Crippen LogP contribution is -2.27. The summed E-state index contributed by atoms with van der Waals surface area (Å²) in [5.41, 5.74) is 1.10. The average molecular weight is 386 g/mol. The lowest BCUT2D eigenvalue weighted by molar-refractivity contribution is 0.532. The third-order valence-corrected chi connectivity index (χ3v) is 5.72. The number of nitrogens with zero attached hydrogens (tertiary/aromatic N) is 6. The van der Waals surface area contributed by atoms with E-state index in [1.807, 2.05) is 4.57 Å². The Bertz CT molecular complexity index is 866. The summed E-state index contributed by atoms with van der Waals surface area (Å²) in [6.07, 6.45) is 6.91. The van der Waals surface area contributed by atoms with E-state index in [1.165, 1.54) is 12.8 Å². The number of rotatable bonds is 6. The van der Waals surface area contributed by atoms with Crippen molar-refractivity contribution >= 4 is 11.8 Å². The van der Waals surface area contributed by atoms with Crippen molar-refractivity contribution in [3.63, 3.8) is 0 Å². The maximum absolute atomic E-state index is 12.5. The Balaban J connectivity index is 1.47. The highest BCUT2D eigenvalue weighted by Gasteiger charge is 2.22. The van der Waals surface area contributed by atoms with Gasteiger partial charge in [0.05, 0.1) is 0 Å². The molecule has 0 radical (unpaired) electrons. The smallest absolute Gasteiger partial charge is 0.345 e. The molecule has 4 heterocycles. The molecule has 8 nitrogen and oxygen atoms in total. The summed E-state index contributed by atoms with van der Waals surface area (Å²) in [5, 5.41) is 8.16. The van der Waals surface area contributed by atoms with Gasteiger partial charge in [0.15, 0.2) is 0 Å². The fourth-order valence-electron chi connectivity index (χ4n) is 4.14. The van der Waals surface area contributed by atoms with Gasteiger partial charge in [-0.25, -0.2) is 14.5 Å². The van der Waals surface area contributed by atoms with Crippen LogP contribution in [0.15, 0.2) is 10.9 Å². The van der Waals surface area contributed by atoms with Crippen LogP contribution in [0.25, 0.3) is 0 Å². The lowest BCUT2D eigenvalue weighted by atomic mass is 10.1. The van der Waals surface area contributed by atoms with Gasteiger partial charge in [0.2, 0.25) is 5.95 Å². The third kappa shape index (κ3) is 3.91. The molecule has 0 bridgehead atoms. The van der Waals surface area contributed by atoms with E-state index < -0.39 is 0 Å². The Hall–Kier alpha value is -2.38. The molecule has 1 atom stereocenters. The van der Waals surface area contributed by atoms with Crippen molar-refractivity contribution in [2.24, 2.45) is 0 Å². The maximum atomic E-state index is 12.5. The fourth-order valence-corrected chi connectivity index (χ4v) is 4.14. The van der Waals surface area contributed by atoms with Gasteiger partial charge in [0.1, 0.15) is 11.6 Å². The number of fused-ring (bicyclic) bond motifs is 1. The zero-order valence-electron chi connectivity index (χ0n) is 17.0. The zero-order valence-corrected chi connectivity index (χ0v) is 17.0. The van der Waals surface area contributed by atoms with E-state index in [4.69, 9.17) is 9.97 Å². The van der Waals surface area contributed by atoms with Crippen LogP contribution in [0, 0.1) is 0 Å². The topological polar surface area (TPSA) is 80.9 Å². The van der Waals surface area contributed by atoms with Crippen molar-refractivity contribution < 1.29 is 0 Å². The molecule has 8 heteroatoms. The minimum atomic E-state index is 0.0316. The van der Waals surface area contributed by atoms with Crippen molar-refractivity contribution in [3.8, 4) is 0 Å². The highest BCUT2D eigenvalue weighted by Crippen LogP contribution is 2.21. The third-order valence-electron chi connectivity index (χ3n) is 5.72. The average Bonchev–Trinajstić information content (AvgIpc) is 3.29. The predicted octanol–water partition coefficient (Wildman–Crippen LogP) is 2.22. The van der Waals surface area contributed by atoms with Gasteiger partial charge in [-0.2, -0.15) is 10.1 Å². The van der Waals surface area contributed by atoms with E-state index in [1.54, 1.807) is 4.68 Å². The molecule has 2 aromatic heterocycles. The first-order chi connectivity index (χ1) is 13.7. The van der Waals surface area contributed by atoms with Crippen molar-refractivity contribution in [1.29, 1.82) is 0 Å². The molecule has 1 saturated heterocycles. The van der Waals surface area contributed by atoms with E-state index in [0.717, 1.165) is 68.5 Å². The number of hydrogen-bond donors (Lipinski definition) is 1. The molecule has 152 valence electrons. The first-order valence-corrected chi connectivity index (χ1v) is 10.7. The molecule has 0 amide bonds. The maximum Gasteiger partial charge on any atom is 0.345 e. The SMILES string of the molecule is CCCn1nc2n(c1=O)CCC(Nc1cc(CC)nc(N3CCCC3)n1)CC2. The second-order valence-electron chi connectivity index (χ2n) is 7.83. The van der Waals surface area contributed by atoms with Gasteiger partial charge < -0.3 is 10.2 Å².